The number of rotatable bonds is 9. The number of carbonyl (C=O) groups excluding carboxylic acids is 1. The number of esters is 1. The minimum Gasteiger partial charge on any atom is -0.466 e. The van der Waals surface area contributed by atoms with Crippen molar-refractivity contribution in [1.29, 1.82) is 0 Å². The molecule has 0 amide bonds. The average molecular weight is 501 g/mol. The van der Waals surface area contributed by atoms with Crippen LogP contribution in [0, 0.1) is 35.5 Å². The summed E-state index contributed by atoms with van der Waals surface area (Å²) in [6, 6.07) is 0. The molecule has 0 spiro atoms. The molecule has 4 rings (SSSR count). The van der Waals surface area contributed by atoms with E-state index in [1.54, 1.807) is 6.08 Å². The van der Waals surface area contributed by atoms with Gasteiger partial charge in [0.2, 0.25) is 0 Å². The molecule has 0 aromatic rings. The number of carbonyl (C=O) groups is 1. The Hall–Kier alpha value is -1.65. The third kappa shape index (κ3) is 7.44. The molecule has 2 heterocycles. The lowest BCUT2D eigenvalue weighted by molar-refractivity contribution is -0.193. The molecule has 36 heavy (non-hydrogen) atoms. The van der Waals surface area contributed by atoms with E-state index in [9.17, 15) is 4.79 Å². The molecule has 4 aliphatic rings. The maximum atomic E-state index is 11.9. The number of fused-ring (bicyclic) bond motifs is 1. The molecule has 0 bridgehead atoms. The Kier molecular flexibility index (Phi) is 10.5. The van der Waals surface area contributed by atoms with Gasteiger partial charge in [-0.3, -0.25) is 0 Å². The summed E-state index contributed by atoms with van der Waals surface area (Å²) in [6.45, 7) is 5.64. The van der Waals surface area contributed by atoms with E-state index in [0.717, 1.165) is 77.4 Å². The van der Waals surface area contributed by atoms with Gasteiger partial charge in [0, 0.05) is 31.6 Å². The number of allylic oxidation sites excluding steroid dienone is 1. The van der Waals surface area contributed by atoms with Crippen LogP contribution in [-0.4, -0.2) is 51.1 Å². The molecule has 0 radical (unpaired) electrons. The highest BCUT2D eigenvalue weighted by Gasteiger charge is 2.47. The molecule has 3 unspecified atom stereocenters. The highest BCUT2D eigenvalue weighted by atomic mass is 16.7. The molecule has 6 nitrogen and oxygen atoms in total. The Morgan fingerprint density at radius 1 is 1.11 bits per heavy atom. The van der Waals surface area contributed by atoms with Crippen LogP contribution >= 0.6 is 0 Å². The van der Waals surface area contributed by atoms with Crippen molar-refractivity contribution in [2.24, 2.45) is 23.7 Å². The number of hydrogen-bond acceptors (Lipinski definition) is 6. The van der Waals surface area contributed by atoms with Gasteiger partial charge in [0.15, 0.2) is 12.6 Å². The highest BCUT2D eigenvalue weighted by molar-refractivity contribution is 5.82. The first kappa shape index (κ1) is 27.4. The lowest BCUT2D eigenvalue weighted by atomic mass is 9.89. The van der Waals surface area contributed by atoms with Crippen molar-refractivity contribution in [3.05, 3.63) is 23.8 Å². The van der Waals surface area contributed by atoms with E-state index in [4.69, 9.17) is 23.7 Å². The lowest BCUT2D eigenvalue weighted by Crippen LogP contribution is -2.32. The predicted octanol–water partition coefficient (Wildman–Crippen LogP) is 5.56. The standard InChI is InChI=1S/C30H44O6/c1-4-5-10-21(2)26(35-29-11-6-8-15-33-29)14-13-24-25-18-22(19-28(31)32-3)17-23(25)20-27(24)36-30-12-7-9-16-34-30/h13-14,19,21,23-27,29-30H,6-12,15-18,20H2,1-3H3/b14-13+,22-19+/t21?,23-,24+,25-,26+,27+,29?,30?/m0/s1. The molecule has 2 aliphatic heterocycles. The van der Waals surface area contributed by atoms with E-state index in [1.165, 1.54) is 12.7 Å². The van der Waals surface area contributed by atoms with Crippen molar-refractivity contribution in [3.63, 3.8) is 0 Å². The SMILES string of the molecule is CC#CCC(C)[C@@H](/C=C/[C@@H]1[C@H]2C/C(=C/C(=O)OC)C[C@H]2C[C@H]1OC1CCCCO1)OC1CCCCO1. The Labute approximate surface area is 217 Å². The van der Waals surface area contributed by atoms with Crippen molar-refractivity contribution in [3.8, 4) is 11.8 Å². The maximum absolute atomic E-state index is 11.9. The van der Waals surface area contributed by atoms with E-state index in [2.05, 4.69) is 30.9 Å². The van der Waals surface area contributed by atoms with Gasteiger partial charge in [-0.2, -0.15) is 0 Å². The minimum absolute atomic E-state index is 0.0638. The van der Waals surface area contributed by atoms with Gasteiger partial charge in [-0.25, -0.2) is 4.79 Å². The highest BCUT2D eigenvalue weighted by Crippen LogP contribution is 2.52. The van der Waals surface area contributed by atoms with Crippen LogP contribution in [0.15, 0.2) is 23.8 Å². The summed E-state index contributed by atoms with van der Waals surface area (Å²) in [6.07, 6.45) is 16.1. The fourth-order valence-corrected chi connectivity index (χ4v) is 6.23. The van der Waals surface area contributed by atoms with Gasteiger partial charge in [-0.05, 0) is 82.5 Å². The fraction of sp³-hybridized carbons (Fsp3) is 0.767. The molecule has 2 saturated heterocycles. The quantitative estimate of drug-likeness (QED) is 0.179. The lowest BCUT2D eigenvalue weighted by Gasteiger charge is -2.31. The van der Waals surface area contributed by atoms with Crippen LogP contribution in [-0.2, 0) is 28.5 Å². The Bertz CT molecular complexity index is 826. The van der Waals surface area contributed by atoms with Crippen molar-refractivity contribution in [2.75, 3.05) is 20.3 Å². The summed E-state index contributed by atoms with van der Waals surface area (Å²) in [5, 5.41) is 0. The topological polar surface area (TPSA) is 63.2 Å². The first-order valence-electron chi connectivity index (χ1n) is 14.0. The Morgan fingerprint density at radius 3 is 2.53 bits per heavy atom. The van der Waals surface area contributed by atoms with E-state index in [0.29, 0.717) is 11.8 Å². The van der Waals surface area contributed by atoms with Crippen molar-refractivity contribution in [1.82, 2.24) is 0 Å². The largest absolute Gasteiger partial charge is 0.466 e. The molecule has 2 aliphatic carbocycles. The number of ether oxygens (including phenoxy) is 5. The van der Waals surface area contributed by atoms with Crippen LogP contribution in [0.3, 0.4) is 0 Å². The molecule has 0 aromatic carbocycles. The van der Waals surface area contributed by atoms with Crippen LogP contribution in [0.2, 0.25) is 0 Å². The normalized spacial score (nSPS) is 35.2. The summed E-state index contributed by atoms with van der Waals surface area (Å²) < 4.78 is 29.8. The number of hydrogen-bond donors (Lipinski definition) is 0. The van der Waals surface area contributed by atoms with Gasteiger partial charge in [-0.1, -0.05) is 24.6 Å². The first-order valence-corrected chi connectivity index (χ1v) is 14.0. The fourth-order valence-electron chi connectivity index (χ4n) is 6.23. The number of methoxy groups -OCH3 is 1. The van der Waals surface area contributed by atoms with Crippen LogP contribution in [0.25, 0.3) is 0 Å². The molecular formula is C30H44O6. The monoisotopic (exact) mass is 500 g/mol. The van der Waals surface area contributed by atoms with Crippen LogP contribution in [0.5, 0.6) is 0 Å². The van der Waals surface area contributed by atoms with Crippen LogP contribution in [0.1, 0.15) is 78.1 Å². The summed E-state index contributed by atoms with van der Waals surface area (Å²) in [5.74, 6) is 7.46. The second kappa shape index (κ2) is 13.8. The molecular weight excluding hydrogens is 456 g/mol. The van der Waals surface area contributed by atoms with Gasteiger partial charge in [0.25, 0.3) is 0 Å². The first-order chi connectivity index (χ1) is 17.6. The van der Waals surface area contributed by atoms with E-state index < -0.39 is 0 Å². The molecule has 4 fully saturated rings. The van der Waals surface area contributed by atoms with E-state index in [1.807, 2.05) is 6.92 Å². The molecule has 6 heteroatoms. The van der Waals surface area contributed by atoms with Crippen molar-refractivity contribution >= 4 is 5.97 Å². The maximum Gasteiger partial charge on any atom is 0.330 e. The van der Waals surface area contributed by atoms with E-state index >= 15 is 0 Å². The molecule has 2 saturated carbocycles. The van der Waals surface area contributed by atoms with Gasteiger partial charge in [0.1, 0.15) is 0 Å². The third-order valence-corrected chi connectivity index (χ3v) is 8.21. The second-order valence-corrected chi connectivity index (χ2v) is 10.8. The minimum atomic E-state index is -0.257. The zero-order chi connectivity index (χ0) is 25.3. The van der Waals surface area contributed by atoms with E-state index in [-0.39, 0.29) is 42.6 Å². The molecule has 8 atom stereocenters. The third-order valence-electron chi connectivity index (χ3n) is 8.21. The van der Waals surface area contributed by atoms with Gasteiger partial charge in [-0.15, -0.1) is 11.8 Å². The van der Waals surface area contributed by atoms with Gasteiger partial charge in [0.05, 0.1) is 19.3 Å². The molecule has 0 aromatic heterocycles. The smallest absolute Gasteiger partial charge is 0.330 e. The average Bonchev–Trinajstić information content (AvgIpc) is 3.42. The Balaban J connectivity index is 1.50. The zero-order valence-electron chi connectivity index (χ0n) is 22.3. The van der Waals surface area contributed by atoms with Crippen LogP contribution < -0.4 is 0 Å². The van der Waals surface area contributed by atoms with Crippen molar-refractivity contribution < 1.29 is 28.5 Å². The van der Waals surface area contributed by atoms with Gasteiger partial charge < -0.3 is 23.7 Å². The summed E-state index contributed by atoms with van der Waals surface area (Å²) >= 11 is 0. The second-order valence-electron chi connectivity index (χ2n) is 10.8. The molecule has 200 valence electrons. The Morgan fingerprint density at radius 2 is 1.86 bits per heavy atom. The summed E-state index contributed by atoms with van der Waals surface area (Å²) in [5.41, 5.74) is 1.19. The van der Waals surface area contributed by atoms with Crippen molar-refractivity contribution in [2.45, 2.75) is 103 Å². The predicted molar refractivity (Wildman–Crippen MR) is 138 cm³/mol. The van der Waals surface area contributed by atoms with Crippen LogP contribution in [0.4, 0.5) is 0 Å². The summed E-state index contributed by atoms with van der Waals surface area (Å²) in [7, 11) is 1.44. The zero-order valence-corrected chi connectivity index (χ0v) is 22.3. The van der Waals surface area contributed by atoms with Gasteiger partial charge >= 0.3 is 5.97 Å². The molecule has 0 N–H and O–H groups in total. The summed E-state index contributed by atoms with van der Waals surface area (Å²) in [4.78, 5) is 11.9.